The Hall–Kier alpha value is -1.28. The summed E-state index contributed by atoms with van der Waals surface area (Å²) in [5, 5.41) is 0. The molecule has 86 valence electrons. The molecule has 2 nitrogen and oxygen atoms in total. The highest BCUT2D eigenvalue weighted by Gasteiger charge is 2.08. The van der Waals surface area contributed by atoms with E-state index in [1.165, 1.54) is 11.3 Å². The first-order valence-electron chi connectivity index (χ1n) is 6.06. The number of hydrogen-bond acceptors (Lipinski definition) is 2. The SMILES string of the molecule is CC[C@@H](N)c1ccc(N2CC=CCC2)cc1. The van der Waals surface area contributed by atoms with Gasteiger partial charge >= 0.3 is 0 Å². The molecule has 0 aromatic heterocycles. The van der Waals surface area contributed by atoms with Crippen molar-refractivity contribution in [2.45, 2.75) is 25.8 Å². The molecular weight excluding hydrogens is 196 g/mol. The van der Waals surface area contributed by atoms with Crippen molar-refractivity contribution >= 4 is 5.69 Å². The monoisotopic (exact) mass is 216 g/mol. The van der Waals surface area contributed by atoms with Crippen LogP contribution in [0.25, 0.3) is 0 Å². The largest absolute Gasteiger partial charge is 0.368 e. The standard InChI is InChI=1S/C14H20N2/c1-2-14(15)12-6-8-13(9-7-12)16-10-4-3-5-11-16/h3-4,6-9,14H,2,5,10-11,15H2,1H3/t14-/m1/s1. The molecule has 0 saturated carbocycles. The van der Waals surface area contributed by atoms with Gasteiger partial charge in [-0.25, -0.2) is 0 Å². The maximum atomic E-state index is 6.00. The summed E-state index contributed by atoms with van der Waals surface area (Å²) in [6, 6.07) is 8.85. The molecule has 1 aromatic rings. The molecule has 16 heavy (non-hydrogen) atoms. The van der Waals surface area contributed by atoms with Crippen LogP contribution in [0.2, 0.25) is 0 Å². The molecule has 0 fully saturated rings. The summed E-state index contributed by atoms with van der Waals surface area (Å²) in [7, 11) is 0. The molecule has 1 atom stereocenters. The molecule has 0 saturated heterocycles. The molecule has 1 heterocycles. The number of rotatable bonds is 3. The van der Waals surface area contributed by atoms with Gasteiger partial charge in [0.05, 0.1) is 0 Å². The fourth-order valence-corrected chi connectivity index (χ4v) is 2.04. The molecule has 1 aliphatic rings. The smallest absolute Gasteiger partial charge is 0.0369 e. The number of nitrogens with two attached hydrogens (primary N) is 1. The average molecular weight is 216 g/mol. The fourth-order valence-electron chi connectivity index (χ4n) is 2.04. The van der Waals surface area contributed by atoms with Crippen LogP contribution in [0.3, 0.4) is 0 Å². The van der Waals surface area contributed by atoms with Gasteiger partial charge in [0.2, 0.25) is 0 Å². The molecule has 1 aliphatic heterocycles. The van der Waals surface area contributed by atoms with Crippen LogP contribution in [0.1, 0.15) is 31.4 Å². The number of anilines is 1. The zero-order valence-electron chi connectivity index (χ0n) is 9.89. The number of nitrogens with zero attached hydrogens (tertiary/aromatic N) is 1. The van der Waals surface area contributed by atoms with Crippen LogP contribution in [0.15, 0.2) is 36.4 Å². The van der Waals surface area contributed by atoms with E-state index < -0.39 is 0 Å². The highest BCUT2D eigenvalue weighted by atomic mass is 15.1. The lowest BCUT2D eigenvalue weighted by atomic mass is 10.0. The molecule has 2 heteroatoms. The van der Waals surface area contributed by atoms with Crippen LogP contribution >= 0.6 is 0 Å². The first-order valence-corrected chi connectivity index (χ1v) is 6.06. The summed E-state index contributed by atoms with van der Waals surface area (Å²) in [5.41, 5.74) is 8.54. The summed E-state index contributed by atoms with van der Waals surface area (Å²) < 4.78 is 0. The van der Waals surface area contributed by atoms with Gasteiger partial charge in [0.25, 0.3) is 0 Å². The van der Waals surface area contributed by atoms with Gasteiger partial charge < -0.3 is 10.6 Å². The maximum Gasteiger partial charge on any atom is 0.0369 e. The van der Waals surface area contributed by atoms with Crippen LogP contribution in [-0.2, 0) is 0 Å². The van der Waals surface area contributed by atoms with Crippen molar-refractivity contribution in [2.24, 2.45) is 5.73 Å². The predicted octanol–water partition coefficient (Wildman–Crippen LogP) is 2.86. The van der Waals surface area contributed by atoms with Crippen LogP contribution in [-0.4, -0.2) is 13.1 Å². The zero-order chi connectivity index (χ0) is 11.4. The fraction of sp³-hybridized carbons (Fsp3) is 0.429. The van der Waals surface area contributed by atoms with E-state index in [9.17, 15) is 0 Å². The van der Waals surface area contributed by atoms with E-state index in [1.54, 1.807) is 0 Å². The third-order valence-electron chi connectivity index (χ3n) is 3.18. The molecular formula is C14H20N2. The molecule has 0 bridgehead atoms. The quantitative estimate of drug-likeness (QED) is 0.787. The average Bonchev–Trinajstić information content (AvgIpc) is 2.39. The molecule has 0 unspecified atom stereocenters. The number of hydrogen-bond donors (Lipinski definition) is 1. The number of benzene rings is 1. The van der Waals surface area contributed by atoms with Gasteiger partial charge in [-0.15, -0.1) is 0 Å². The zero-order valence-corrected chi connectivity index (χ0v) is 9.89. The van der Waals surface area contributed by atoms with Crippen LogP contribution in [0, 0.1) is 0 Å². The molecule has 1 aromatic carbocycles. The van der Waals surface area contributed by atoms with E-state index in [0.717, 1.165) is 25.9 Å². The Morgan fingerprint density at radius 1 is 1.25 bits per heavy atom. The van der Waals surface area contributed by atoms with Crippen molar-refractivity contribution in [3.63, 3.8) is 0 Å². The van der Waals surface area contributed by atoms with Crippen molar-refractivity contribution in [3.8, 4) is 0 Å². The first-order chi connectivity index (χ1) is 7.81. The second-order valence-electron chi connectivity index (χ2n) is 4.31. The minimum Gasteiger partial charge on any atom is -0.368 e. The Labute approximate surface area is 97.8 Å². The lowest BCUT2D eigenvalue weighted by Gasteiger charge is -2.26. The van der Waals surface area contributed by atoms with Gasteiger partial charge in [0, 0.05) is 24.8 Å². The van der Waals surface area contributed by atoms with Gasteiger partial charge in [0.15, 0.2) is 0 Å². The van der Waals surface area contributed by atoms with Gasteiger partial charge in [-0.1, -0.05) is 31.2 Å². The maximum absolute atomic E-state index is 6.00. The van der Waals surface area contributed by atoms with Crippen molar-refractivity contribution in [2.75, 3.05) is 18.0 Å². The summed E-state index contributed by atoms with van der Waals surface area (Å²) in [6.45, 7) is 4.27. The Bertz CT molecular complexity index is 354. The van der Waals surface area contributed by atoms with Gasteiger partial charge in [0.1, 0.15) is 0 Å². The van der Waals surface area contributed by atoms with Crippen molar-refractivity contribution in [1.29, 1.82) is 0 Å². The molecule has 0 aliphatic carbocycles. The summed E-state index contributed by atoms with van der Waals surface area (Å²) in [5.74, 6) is 0. The normalized spacial score (nSPS) is 17.5. The molecule has 2 rings (SSSR count). The van der Waals surface area contributed by atoms with E-state index in [4.69, 9.17) is 5.73 Å². The third-order valence-corrected chi connectivity index (χ3v) is 3.18. The Morgan fingerprint density at radius 2 is 2.00 bits per heavy atom. The van der Waals surface area contributed by atoms with Crippen LogP contribution in [0.4, 0.5) is 5.69 Å². The van der Waals surface area contributed by atoms with E-state index in [1.807, 2.05) is 0 Å². The molecule has 0 radical (unpaired) electrons. The Balaban J connectivity index is 2.09. The second-order valence-corrected chi connectivity index (χ2v) is 4.31. The van der Waals surface area contributed by atoms with E-state index in [2.05, 4.69) is 48.2 Å². The van der Waals surface area contributed by atoms with Gasteiger partial charge in [-0.3, -0.25) is 0 Å². The van der Waals surface area contributed by atoms with Crippen molar-refractivity contribution in [1.82, 2.24) is 0 Å². The van der Waals surface area contributed by atoms with Crippen molar-refractivity contribution < 1.29 is 0 Å². The lowest BCUT2D eigenvalue weighted by Crippen LogP contribution is -2.26. The topological polar surface area (TPSA) is 29.3 Å². The minimum absolute atomic E-state index is 0.176. The summed E-state index contributed by atoms with van der Waals surface area (Å²) in [6.07, 6.45) is 6.62. The second kappa shape index (κ2) is 5.17. The van der Waals surface area contributed by atoms with Gasteiger partial charge in [-0.05, 0) is 30.5 Å². The Kier molecular flexibility index (Phi) is 3.62. The minimum atomic E-state index is 0.176. The molecule has 0 spiro atoms. The van der Waals surface area contributed by atoms with Gasteiger partial charge in [-0.2, -0.15) is 0 Å². The first kappa shape index (κ1) is 11.2. The van der Waals surface area contributed by atoms with E-state index in [-0.39, 0.29) is 6.04 Å². The molecule has 0 amide bonds. The van der Waals surface area contributed by atoms with Crippen LogP contribution in [0.5, 0.6) is 0 Å². The summed E-state index contributed by atoms with van der Waals surface area (Å²) in [4.78, 5) is 2.39. The highest BCUT2D eigenvalue weighted by molar-refractivity contribution is 5.49. The van der Waals surface area contributed by atoms with E-state index >= 15 is 0 Å². The van der Waals surface area contributed by atoms with Crippen molar-refractivity contribution in [3.05, 3.63) is 42.0 Å². The predicted molar refractivity (Wildman–Crippen MR) is 69.6 cm³/mol. The third kappa shape index (κ3) is 2.45. The molecule has 2 N–H and O–H groups in total. The van der Waals surface area contributed by atoms with E-state index in [0.29, 0.717) is 0 Å². The summed E-state index contributed by atoms with van der Waals surface area (Å²) >= 11 is 0. The highest BCUT2D eigenvalue weighted by Crippen LogP contribution is 2.21. The Morgan fingerprint density at radius 3 is 2.56 bits per heavy atom. The van der Waals surface area contributed by atoms with Crippen LogP contribution < -0.4 is 10.6 Å². The lowest BCUT2D eigenvalue weighted by molar-refractivity contribution is 0.698.